The summed E-state index contributed by atoms with van der Waals surface area (Å²) in [7, 11) is 0. The fraction of sp³-hybridized carbons (Fsp3) is 0.889. The summed E-state index contributed by atoms with van der Waals surface area (Å²) in [6, 6.07) is 0. The van der Waals surface area contributed by atoms with Crippen LogP contribution in [0.1, 0.15) is 82.1 Å². The Hall–Kier alpha value is -0.740. The van der Waals surface area contributed by atoms with Gasteiger partial charge in [0, 0.05) is 23.7 Å². The zero-order chi connectivity index (χ0) is 18.0. The van der Waals surface area contributed by atoms with Crippen LogP contribution in [0.15, 0.2) is 0 Å². The molecule has 0 heterocycles. The highest BCUT2D eigenvalue weighted by Crippen LogP contribution is 2.28. The van der Waals surface area contributed by atoms with E-state index in [1.807, 2.05) is 69.2 Å². The highest BCUT2D eigenvalue weighted by atomic mass is 17.2. The minimum Gasteiger partial charge on any atom is -0.299 e. The SMILES string of the molecule is CC(C)(CC(=O)C(C)(C)C)OOC(C)(C)CC(=O)C(C)(C)C. The number of hydrogen-bond acceptors (Lipinski definition) is 4. The molecule has 0 N–H and O–H groups in total. The molecule has 0 aliphatic heterocycles. The van der Waals surface area contributed by atoms with E-state index in [0.717, 1.165) is 0 Å². The molecule has 0 aromatic heterocycles. The molecule has 4 nitrogen and oxygen atoms in total. The van der Waals surface area contributed by atoms with Crippen molar-refractivity contribution >= 4 is 11.6 Å². The van der Waals surface area contributed by atoms with Crippen molar-refractivity contribution in [1.82, 2.24) is 0 Å². The Morgan fingerprint density at radius 3 is 1.00 bits per heavy atom. The third-order valence-electron chi connectivity index (χ3n) is 3.34. The maximum absolute atomic E-state index is 12.1. The Balaban J connectivity index is 4.64. The Morgan fingerprint density at radius 2 is 0.818 bits per heavy atom. The first-order valence-electron chi connectivity index (χ1n) is 7.90. The van der Waals surface area contributed by atoms with Crippen LogP contribution in [0.2, 0.25) is 0 Å². The smallest absolute Gasteiger partial charge is 0.141 e. The number of carbonyl (C=O) groups excluding carboxylic acids is 2. The minimum atomic E-state index is -0.730. The first-order valence-corrected chi connectivity index (χ1v) is 7.90. The predicted molar refractivity (Wildman–Crippen MR) is 88.5 cm³/mol. The van der Waals surface area contributed by atoms with E-state index in [-0.39, 0.29) is 24.4 Å². The standard InChI is InChI=1S/C18H34O4/c1-15(2,3)13(19)11-17(7,8)21-22-18(9,10)12-14(20)16(4,5)6/h11-12H2,1-10H3. The molecule has 0 atom stereocenters. The van der Waals surface area contributed by atoms with Crippen LogP contribution < -0.4 is 0 Å². The molecule has 4 heteroatoms. The van der Waals surface area contributed by atoms with Crippen molar-refractivity contribution in [3.8, 4) is 0 Å². The molecule has 0 saturated carbocycles. The van der Waals surface area contributed by atoms with Gasteiger partial charge in [0.15, 0.2) is 0 Å². The van der Waals surface area contributed by atoms with Crippen LogP contribution in [0.5, 0.6) is 0 Å². The minimum absolute atomic E-state index is 0.115. The van der Waals surface area contributed by atoms with Gasteiger partial charge in [-0.2, -0.15) is 0 Å². The number of rotatable bonds is 7. The van der Waals surface area contributed by atoms with E-state index < -0.39 is 22.0 Å². The third kappa shape index (κ3) is 8.04. The summed E-state index contributed by atoms with van der Waals surface area (Å²) in [5.41, 5.74) is -2.27. The average Bonchev–Trinajstić information content (AvgIpc) is 2.23. The van der Waals surface area contributed by atoms with Crippen LogP contribution in [0.3, 0.4) is 0 Å². The largest absolute Gasteiger partial charge is 0.299 e. The van der Waals surface area contributed by atoms with Gasteiger partial charge >= 0.3 is 0 Å². The van der Waals surface area contributed by atoms with E-state index in [4.69, 9.17) is 9.78 Å². The van der Waals surface area contributed by atoms with Gasteiger partial charge in [-0.25, -0.2) is 9.78 Å². The van der Waals surface area contributed by atoms with Crippen molar-refractivity contribution in [1.29, 1.82) is 0 Å². The molecule has 0 fully saturated rings. The van der Waals surface area contributed by atoms with Crippen molar-refractivity contribution in [3.05, 3.63) is 0 Å². The molecule has 0 rings (SSSR count). The summed E-state index contributed by atoms with van der Waals surface area (Å²) < 4.78 is 0. The maximum atomic E-state index is 12.1. The van der Waals surface area contributed by atoms with E-state index in [0.29, 0.717) is 0 Å². The second-order valence-corrected chi connectivity index (χ2v) is 9.39. The van der Waals surface area contributed by atoms with Gasteiger partial charge in [-0.15, -0.1) is 0 Å². The normalized spacial score (nSPS) is 14.1. The molecule has 0 unspecified atom stereocenters. The lowest BCUT2D eigenvalue weighted by molar-refractivity contribution is -0.399. The molecule has 0 aliphatic rings. The predicted octanol–water partition coefficient (Wildman–Crippen LogP) is 4.50. The Morgan fingerprint density at radius 1 is 0.591 bits per heavy atom. The van der Waals surface area contributed by atoms with Crippen LogP contribution in [0.25, 0.3) is 0 Å². The maximum Gasteiger partial charge on any atom is 0.141 e. The monoisotopic (exact) mass is 314 g/mol. The molecule has 130 valence electrons. The molecular formula is C18H34O4. The van der Waals surface area contributed by atoms with E-state index in [1.54, 1.807) is 0 Å². The fourth-order valence-corrected chi connectivity index (χ4v) is 1.59. The molecule has 0 spiro atoms. The summed E-state index contributed by atoms with van der Waals surface area (Å²) >= 11 is 0. The van der Waals surface area contributed by atoms with Gasteiger partial charge in [0.05, 0.1) is 0 Å². The second kappa shape index (κ2) is 6.79. The third-order valence-corrected chi connectivity index (χ3v) is 3.34. The Labute approximate surface area is 135 Å². The molecule has 0 bridgehead atoms. The van der Waals surface area contributed by atoms with E-state index in [1.165, 1.54) is 0 Å². The van der Waals surface area contributed by atoms with E-state index in [2.05, 4.69) is 0 Å². The van der Waals surface area contributed by atoms with Gasteiger partial charge in [-0.1, -0.05) is 41.5 Å². The van der Waals surface area contributed by atoms with Gasteiger partial charge < -0.3 is 0 Å². The van der Waals surface area contributed by atoms with Gasteiger partial charge in [-0.3, -0.25) is 9.59 Å². The van der Waals surface area contributed by atoms with E-state index >= 15 is 0 Å². The number of carbonyl (C=O) groups is 2. The molecule has 0 aromatic carbocycles. The van der Waals surface area contributed by atoms with Crippen LogP contribution in [0, 0.1) is 10.8 Å². The summed E-state index contributed by atoms with van der Waals surface area (Å²) in [6.45, 7) is 18.6. The number of Topliss-reactive ketones (excluding diaryl/α,β-unsaturated/α-hetero) is 2. The van der Waals surface area contributed by atoms with Crippen LogP contribution in [-0.2, 0) is 19.4 Å². The molecule has 0 radical (unpaired) electrons. The Bertz CT molecular complexity index is 366. The molecular weight excluding hydrogens is 280 g/mol. The van der Waals surface area contributed by atoms with Gasteiger partial charge in [0.2, 0.25) is 0 Å². The molecule has 0 aromatic rings. The summed E-state index contributed by atoms with van der Waals surface area (Å²) in [5.74, 6) is 0.231. The molecule has 0 saturated heterocycles. The summed E-state index contributed by atoms with van der Waals surface area (Å²) in [5, 5.41) is 0. The van der Waals surface area contributed by atoms with Crippen molar-refractivity contribution in [2.75, 3.05) is 0 Å². The highest BCUT2D eigenvalue weighted by Gasteiger charge is 2.35. The summed E-state index contributed by atoms with van der Waals surface area (Å²) in [6.07, 6.45) is 0.527. The second-order valence-electron chi connectivity index (χ2n) is 9.39. The molecule has 22 heavy (non-hydrogen) atoms. The Kier molecular flexibility index (Phi) is 6.57. The lowest BCUT2D eigenvalue weighted by Crippen LogP contribution is -2.39. The molecule has 0 amide bonds. The zero-order valence-corrected chi connectivity index (χ0v) is 16.0. The van der Waals surface area contributed by atoms with Crippen molar-refractivity contribution in [2.45, 2.75) is 93.3 Å². The van der Waals surface area contributed by atoms with Crippen LogP contribution >= 0.6 is 0 Å². The summed E-state index contributed by atoms with van der Waals surface area (Å²) in [4.78, 5) is 35.2. The van der Waals surface area contributed by atoms with Crippen LogP contribution in [0.4, 0.5) is 0 Å². The topological polar surface area (TPSA) is 52.6 Å². The van der Waals surface area contributed by atoms with Gasteiger partial charge in [0.1, 0.15) is 22.8 Å². The van der Waals surface area contributed by atoms with Gasteiger partial charge in [0.25, 0.3) is 0 Å². The number of ketones is 2. The highest BCUT2D eigenvalue weighted by molar-refractivity contribution is 5.84. The quantitative estimate of drug-likeness (QED) is 0.513. The van der Waals surface area contributed by atoms with Crippen LogP contribution in [-0.4, -0.2) is 22.8 Å². The first kappa shape index (κ1) is 21.3. The fourth-order valence-electron chi connectivity index (χ4n) is 1.59. The van der Waals surface area contributed by atoms with E-state index in [9.17, 15) is 9.59 Å². The van der Waals surface area contributed by atoms with Crippen molar-refractivity contribution in [3.63, 3.8) is 0 Å². The molecule has 0 aliphatic carbocycles. The lowest BCUT2D eigenvalue weighted by Gasteiger charge is -2.32. The van der Waals surface area contributed by atoms with Gasteiger partial charge in [-0.05, 0) is 27.7 Å². The number of hydrogen-bond donors (Lipinski definition) is 0. The first-order chi connectivity index (χ1) is 9.46. The lowest BCUT2D eigenvalue weighted by atomic mass is 9.84. The zero-order valence-electron chi connectivity index (χ0n) is 16.0. The average molecular weight is 314 g/mol. The van der Waals surface area contributed by atoms with Crippen molar-refractivity contribution < 1.29 is 19.4 Å². The van der Waals surface area contributed by atoms with Crippen molar-refractivity contribution in [2.24, 2.45) is 10.8 Å².